The zero-order valence-corrected chi connectivity index (χ0v) is 9.37. The quantitative estimate of drug-likeness (QED) is 0.544. The van der Waals surface area contributed by atoms with E-state index in [0.717, 1.165) is 0 Å². The SMILES string of the molecule is C=C1C=CC(F)=CN1/C=C(\C)C(=O)OCC. The van der Waals surface area contributed by atoms with Crippen LogP contribution in [0.1, 0.15) is 13.8 Å². The van der Waals surface area contributed by atoms with Crippen molar-refractivity contribution in [1.29, 1.82) is 0 Å². The Bertz CT molecular complexity index is 394. The first kappa shape index (κ1) is 12.2. The number of rotatable bonds is 3. The number of carbonyl (C=O) groups excluding carboxylic acids is 1. The highest BCUT2D eigenvalue weighted by Gasteiger charge is 2.10. The zero-order valence-electron chi connectivity index (χ0n) is 9.37. The highest BCUT2D eigenvalue weighted by atomic mass is 19.1. The lowest BCUT2D eigenvalue weighted by atomic mass is 10.2. The Morgan fingerprint density at radius 3 is 2.94 bits per heavy atom. The van der Waals surface area contributed by atoms with Gasteiger partial charge in [0.25, 0.3) is 0 Å². The smallest absolute Gasteiger partial charge is 0.335 e. The molecule has 16 heavy (non-hydrogen) atoms. The van der Waals surface area contributed by atoms with E-state index in [-0.39, 0.29) is 5.83 Å². The van der Waals surface area contributed by atoms with Crippen molar-refractivity contribution in [2.75, 3.05) is 6.61 Å². The van der Waals surface area contributed by atoms with Crippen molar-refractivity contribution >= 4 is 5.97 Å². The Balaban J connectivity index is 2.79. The van der Waals surface area contributed by atoms with E-state index in [2.05, 4.69) is 6.58 Å². The molecule has 0 saturated carbocycles. The maximum atomic E-state index is 13.0. The fraction of sp³-hybridized carbons (Fsp3) is 0.250. The minimum absolute atomic E-state index is 0.315. The molecule has 4 heteroatoms. The average molecular weight is 223 g/mol. The van der Waals surface area contributed by atoms with Crippen molar-refractivity contribution in [2.24, 2.45) is 0 Å². The molecule has 86 valence electrons. The summed E-state index contributed by atoms with van der Waals surface area (Å²) >= 11 is 0. The van der Waals surface area contributed by atoms with E-state index in [9.17, 15) is 9.18 Å². The van der Waals surface area contributed by atoms with E-state index in [1.807, 2.05) is 0 Å². The van der Waals surface area contributed by atoms with Crippen LogP contribution in [-0.4, -0.2) is 17.5 Å². The molecular weight excluding hydrogens is 209 g/mol. The number of esters is 1. The second-order valence-corrected chi connectivity index (χ2v) is 3.28. The first-order chi connectivity index (χ1) is 7.54. The summed E-state index contributed by atoms with van der Waals surface area (Å²) in [6.45, 7) is 7.37. The molecule has 0 aliphatic carbocycles. The predicted octanol–water partition coefficient (Wildman–Crippen LogP) is 2.65. The molecule has 1 aliphatic rings. The average Bonchev–Trinajstić information content (AvgIpc) is 2.23. The Morgan fingerprint density at radius 1 is 1.62 bits per heavy atom. The van der Waals surface area contributed by atoms with Crippen LogP contribution in [0.5, 0.6) is 0 Å². The lowest BCUT2D eigenvalue weighted by molar-refractivity contribution is -0.138. The minimum Gasteiger partial charge on any atom is -0.463 e. The minimum atomic E-state index is -0.418. The number of hydrogen-bond acceptors (Lipinski definition) is 3. The fourth-order valence-electron chi connectivity index (χ4n) is 1.15. The van der Waals surface area contributed by atoms with Crippen molar-refractivity contribution in [2.45, 2.75) is 13.8 Å². The Hall–Kier alpha value is -1.84. The molecule has 3 nitrogen and oxygen atoms in total. The van der Waals surface area contributed by atoms with Crippen molar-refractivity contribution in [3.05, 3.63) is 48.2 Å². The molecule has 0 aromatic heterocycles. The molecule has 0 saturated heterocycles. The van der Waals surface area contributed by atoms with Gasteiger partial charge in [-0.1, -0.05) is 6.58 Å². The summed E-state index contributed by atoms with van der Waals surface area (Å²) < 4.78 is 17.8. The van der Waals surface area contributed by atoms with Gasteiger partial charge < -0.3 is 9.64 Å². The summed E-state index contributed by atoms with van der Waals surface area (Å²) in [5, 5.41) is 0. The number of ether oxygens (including phenoxy) is 1. The van der Waals surface area contributed by atoms with E-state index in [0.29, 0.717) is 17.9 Å². The van der Waals surface area contributed by atoms with Gasteiger partial charge in [-0.2, -0.15) is 0 Å². The standard InChI is InChI=1S/C12H14FNO2/c1-4-16-12(15)9(2)7-14-8-11(13)6-5-10(14)3/h5-8H,3-4H2,1-2H3/b9-7+. The van der Waals surface area contributed by atoms with Gasteiger partial charge >= 0.3 is 5.97 Å². The highest BCUT2D eigenvalue weighted by Crippen LogP contribution is 2.17. The summed E-state index contributed by atoms with van der Waals surface area (Å²) in [5.74, 6) is -0.807. The third-order valence-electron chi connectivity index (χ3n) is 1.96. The van der Waals surface area contributed by atoms with Crippen LogP contribution in [0.15, 0.2) is 48.2 Å². The molecular formula is C12H14FNO2. The first-order valence-electron chi connectivity index (χ1n) is 4.92. The fourth-order valence-corrected chi connectivity index (χ4v) is 1.15. The normalized spacial score (nSPS) is 16.2. The summed E-state index contributed by atoms with van der Waals surface area (Å²) in [4.78, 5) is 12.8. The third kappa shape index (κ3) is 3.08. The zero-order chi connectivity index (χ0) is 12.1. The molecule has 0 fully saturated rings. The monoisotopic (exact) mass is 223 g/mol. The lowest BCUT2D eigenvalue weighted by Gasteiger charge is -2.19. The lowest BCUT2D eigenvalue weighted by Crippen LogP contribution is -2.14. The largest absolute Gasteiger partial charge is 0.463 e. The second-order valence-electron chi connectivity index (χ2n) is 3.28. The van der Waals surface area contributed by atoms with Crippen LogP contribution in [0.4, 0.5) is 4.39 Å². The number of nitrogens with zero attached hydrogens (tertiary/aromatic N) is 1. The molecule has 0 N–H and O–H groups in total. The molecule has 0 bridgehead atoms. The number of allylic oxidation sites excluding steroid dienone is 3. The van der Waals surface area contributed by atoms with Crippen LogP contribution >= 0.6 is 0 Å². The van der Waals surface area contributed by atoms with Gasteiger partial charge in [0.2, 0.25) is 0 Å². The van der Waals surface area contributed by atoms with Gasteiger partial charge in [0.05, 0.1) is 12.2 Å². The number of hydrogen-bond donors (Lipinski definition) is 0. The Morgan fingerprint density at radius 2 is 2.31 bits per heavy atom. The van der Waals surface area contributed by atoms with Gasteiger partial charge in [-0.05, 0) is 26.0 Å². The van der Waals surface area contributed by atoms with Crippen molar-refractivity contribution in [3.8, 4) is 0 Å². The molecule has 0 aromatic carbocycles. The number of halogens is 1. The van der Waals surface area contributed by atoms with E-state index in [1.165, 1.54) is 29.5 Å². The van der Waals surface area contributed by atoms with Gasteiger partial charge in [0, 0.05) is 18.1 Å². The van der Waals surface area contributed by atoms with Crippen molar-refractivity contribution in [3.63, 3.8) is 0 Å². The van der Waals surface area contributed by atoms with Crippen LogP contribution in [0.25, 0.3) is 0 Å². The maximum Gasteiger partial charge on any atom is 0.335 e. The summed E-state index contributed by atoms with van der Waals surface area (Å²) in [6.07, 6.45) is 5.59. The van der Waals surface area contributed by atoms with Crippen LogP contribution in [0.3, 0.4) is 0 Å². The van der Waals surface area contributed by atoms with Crippen LogP contribution in [-0.2, 0) is 9.53 Å². The third-order valence-corrected chi connectivity index (χ3v) is 1.96. The van der Waals surface area contributed by atoms with E-state index >= 15 is 0 Å². The summed E-state index contributed by atoms with van der Waals surface area (Å²) in [6, 6.07) is 0. The van der Waals surface area contributed by atoms with Crippen LogP contribution in [0, 0.1) is 0 Å². The highest BCUT2D eigenvalue weighted by molar-refractivity contribution is 5.87. The van der Waals surface area contributed by atoms with Crippen LogP contribution < -0.4 is 0 Å². The molecule has 0 unspecified atom stereocenters. The second kappa shape index (κ2) is 5.30. The molecule has 0 radical (unpaired) electrons. The van der Waals surface area contributed by atoms with E-state index in [1.54, 1.807) is 13.8 Å². The first-order valence-corrected chi connectivity index (χ1v) is 4.92. The molecule has 1 rings (SSSR count). The van der Waals surface area contributed by atoms with Gasteiger partial charge in [-0.25, -0.2) is 9.18 Å². The molecule has 0 amide bonds. The van der Waals surface area contributed by atoms with Crippen LogP contribution in [0.2, 0.25) is 0 Å². The topological polar surface area (TPSA) is 29.5 Å². The molecule has 0 spiro atoms. The number of carbonyl (C=O) groups is 1. The Labute approximate surface area is 94.2 Å². The molecule has 1 aliphatic heterocycles. The van der Waals surface area contributed by atoms with Gasteiger partial charge in [-0.3, -0.25) is 0 Å². The summed E-state index contributed by atoms with van der Waals surface area (Å²) in [7, 11) is 0. The van der Waals surface area contributed by atoms with Gasteiger partial charge in [0.1, 0.15) is 5.83 Å². The Kier molecular flexibility index (Phi) is 4.05. The van der Waals surface area contributed by atoms with Gasteiger partial charge in [0.15, 0.2) is 0 Å². The van der Waals surface area contributed by atoms with E-state index in [4.69, 9.17) is 4.74 Å². The van der Waals surface area contributed by atoms with Crippen molar-refractivity contribution in [1.82, 2.24) is 4.90 Å². The maximum absolute atomic E-state index is 13.0. The predicted molar refractivity (Wildman–Crippen MR) is 59.7 cm³/mol. The van der Waals surface area contributed by atoms with Crippen molar-refractivity contribution < 1.29 is 13.9 Å². The molecule has 0 aromatic rings. The van der Waals surface area contributed by atoms with Gasteiger partial charge in [-0.15, -0.1) is 0 Å². The molecule has 0 atom stereocenters. The molecule has 1 heterocycles. The summed E-state index contributed by atoms with van der Waals surface area (Å²) in [5.41, 5.74) is 0.979. The van der Waals surface area contributed by atoms with E-state index < -0.39 is 5.97 Å².